The van der Waals surface area contributed by atoms with Gasteiger partial charge in [0.1, 0.15) is 6.33 Å². The molecule has 1 atom stereocenters. The lowest BCUT2D eigenvalue weighted by atomic mass is 10.2. The maximum Gasteiger partial charge on any atom is 0.257 e. The molecule has 2 aromatic heterocycles. The van der Waals surface area contributed by atoms with Gasteiger partial charge in [-0.15, -0.1) is 11.3 Å². The number of ether oxygens (including phenoxy) is 1. The van der Waals surface area contributed by atoms with E-state index >= 15 is 0 Å². The summed E-state index contributed by atoms with van der Waals surface area (Å²) in [7, 11) is 0. The molecule has 1 aliphatic heterocycles. The Morgan fingerprint density at radius 2 is 2.30 bits per heavy atom. The number of anilines is 2. The van der Waals surface area contributed by atoms with Crippen LogP contribution in [0.15, 0.2) is 30.3 Å². The zero-order valence-electron chi connectivity index (χ0n) is 10.6. The normalized spacial score (nSPS) is 18.8. The maximum absolute atomic E-state index is 12.1. The summed E-state index contributed by atoms with van der Waals surface area (Å²) in [5, 5.41) is 5.14. The van der Waals surface area contributed by atoms with Crippen molar-refractivity contribution in [3.05, 3.63) is 30.3 Å². The second-order valence-electron chi connectivity index (χ2n) is 4.23. The van der Waals surface area contributed by atoms with Gasteiger partial charge in [-0.3, -0.25) is 10.1 Å². The summed E-state index contributed by atoms with van der Waals surface area (Å²) in [6.45, 7) is 1.68. The molecule has 0 unspecified atom stereocenters. The summed E-state index contributed by atoms with van der Waals surface area (Å²) >= 11 is 1.38. The summed E-state index contributed by atoms with van der Waals surface area (Å²) in [4.78, 5) is 26.2. The van der Waals surface area contributed by atoms with E-state index in [9.17, 15) is 4.79 Å². The molecule has 20 heavy (non-hydrogen) atoms. The predicted octanol–water partition coefficient (Wildman–Crippen LogP) is 0.777. The SMILES string of the molecule is O=C(Nc1nccs1)[C@H]1CN(c2cncnc2)CCO1. The van der Waals surface area contributed by atoms with Crippen molar-refractivity contribution in [2.24, 2.45) is 0 Å². The lowest BCUT2D eigenvalue weighted by Gasteiger charge is -2.33. The van der Waals surface area contributed by atoms with Crippen LogP contribution in [0.4, 0.5) is 10.8 Å². The van der Waals surface area contributed by atoms with Crippen molar-refractivity contribution >= 4 is 28.1 Å². The van der Waals surface area contributed by atoms with Gasteiger partial charge >= 0.3 is 0 Å². The van der Waals surface area contributed by atoms with E-state index in [1.54, 1.807) is 18.6 Å². The Morgan fingerprint density at radius 3 is 3.05 bits per heavy atom. The third kappa shape index (κ3) is 2.91. The second-order valence-corrected chi connectivity index (χ2v) is 5.12. The standard InChI is InChI=1S/C12H13N5O2S/c18-11(16-12-15-1-4-20-12)10-7-17(2-3-19-10)9-5-13-8-14-6-9/h1,4-6,8,10H,2-3,7H2,(H,15,16,18)/t10-/m1/s1. The Hall–Kier alpha value is -2.06. The molecule has 1 amide bonds. The molecule has 0 saturated carbocycles. The van der Waals surface area contributed by atoms with Crippen molar-refractivity contribution in [1.82, 2.24) is 15.0 Å². The molecule has 0 radical (unpaired) electrons. The monoisotopic (exact) mass is 291 g/mol. The lowest BCUT2D eigenvalue weighted by Crippen LogP contribution is -2.48. The van der Waals surface area contributed by atoms with Crippen LogP contribution in [0.3, 0.4) is 0 Å². The van der Waals surface area contributed by atoms with Crippen molar-refractivity contribution < 1.29 is 9.53 Å². The molecule has 0 aromatic carbocycles. The Morgan fingerprint density at radius 1 is 1.45 bits per heavy atom. The fraction of sp³-hybridized carbons (Fsp3) is 0.333. The molecule has 1 fully saturated rings. The van der Waals surface area contributed by atoms with E-state index in [0.29, 0.717) is 24.8 Å². The van der Waals surface area contributed by atoms with E-state index in [-0.39, 0.29) is 5.91 Å². The van der Waals surface area contributed by atoms with Crippen molar-refractivity contribution in [2.75, 3.05) is 29.9 Å². The van der Waals surface area contributed by atoms with Crippen molar-refractivity contribution in [1.29, 1.82) is 0 Å². The summed E-state index contributed by atoms with van der Waals surface area (Å²) in [6, 6.07) is 0. The molecular weight excluding hydrogens is 278 g/mol. The highest BCUT2D eigenvalue weighted by Gasteiger charge is 2.27. The van der Waals surface area contributed by atoms with Gasteiger partial charge in [0.15, 0.2) is 11.2 Å². The fourth-order valence-electron chi connectivity index (χ4n) is 1.97. The average molecular weight is 291 g/mol. The van der Waals surface area contributed by atoms with E-state index < -0.39 is 6.10 Å². The molecule has 7 nitrogen and oxygen atoms in total. The topological polar surface area (TPSA) is 80.2 Å². The third-order valence-electron chi connectivity index (χ3n) is 2.93. The van der Waals surface area contributed by atoms with Gasteiger partial charge in [0.2, 0.25) is 0 Å². The number of thiazole rings is 1. The molecule has 0 spiro atoms. The maximum atomic E-state index is 12.1. The second kappa shape index (κ2) is 5.93. The van der Waals surface area contributed by atoms with Crippen molar-refractivity contribution in [3.63, 3.8) is 0 Å². The van der Waals surface area contributed by atoms with Crippen LogP contribution < -0.4 is 10.2 Å². The van der Waals surface area contributed by atoms with Gasteiger partial charge in [0, 0.05) is 18.1 Å². The molecular formula is C12H13N5O2S. The van der Waals surface area contributed by atoms with Crippen LogP contribution in [0.5, 0.6) is 0 Å². The minimum absolute atomic E-state index is 0.179. The highest BCUT2D eigenvalue weighted by molar-refractivity contribution is 7.13. The van der Waals surface area contributed by atoms with Gasteiger partial charge in [-0.1, -0.05) is 0 Å². The summed E-state index contributed by atoms with van der Waals surface area (Å²) in [5.41, 5.74) is 0.892. The van der Waals surface area contributed by atoms with E-state index in [0.717, 1.165) is 5.69 Å². The van der Waals surface area contributed by atoms with Crippen LogP contribution >= 0.6 is 11.3 Å². The van der Waals surface area contributed by atoms with Gasteiger partial charge in [0.05, 0.1) is 31.2 Å². The van der Waals surface area contributed by atoms with Crippen LogP contribution in [-0.4, -0.2) is 46.7 Å². The van der Waals surface area contributed by atoms with Gasteiger partial charge in [-0.2, -0.15) is 0 Å². The van der Waals surface area contributed by atoms with Gasteiger partial charge in [-0.25, -0.2) is 15.0 Å². The first kappa shape index (κ1) is 12.9. The van der Waals surface area contributed by atoms with E-state index in [1.807, 2.05) is 10.3 Å². The van der Waals surface area contributed by atoms with E-state index in [2.05, 4.69) is 20.3 Å². The zero-order valence-corrected chi connectivity index (χ0v) is 11.4. The lowest BCUT2D eigenvalue weighted by molar-refractivity contribution is -0.128. The van der Waals surface area contributed by atoms with Gasteiger partial charge in [-0.05, 0) is 0 Å². The number of hydrogen-bond donors (Lipinski definition) is 1. The minimum Gasteiger partial charge on any atom is -0.365 e. The van der Waals surface area contributed by atoms with E-state index in [4.69, 9.17) is 4.74 Å². The summed E-state index contributed by atoms with van der Waals surface area (Å²) < 4.78 is 5.52. The number of carbonyl (C=O) groups excluding carboxylic acids is 1. The number of rotatable bonds is 3. The van der Waals surface area contributed by atoms with Crippen LogP contribution in [-0.2, 0) is 9.53 Å². The van der Waals surface area contributed by atoms with Crippen LogP contribution in [0.2, 0.25) is 0 Å². The van der Waals surface area contributed by atoms with Crippen molar-refractivity contribution in [3.8, 4) is 0 Å². The molecule has 0 aliphatic carbocycles. The van der Waals surface area contributed by atoms with Gasteiger partial charge in [0.25, 0.3) is 5.91 Å². The smallest absolute Gasteiger partial charge is 0.257 e. The summed E-state index contributed by atoms with van der Waals surface area (Å²) in [6.07, 6.45) is 6.07. The number of amides is 1. The molecule has 1 N–H and O–H groups in total. The van der Waals surface area contributed by atoms with Crippen LogP contribution in [0, 0.1) is 0 Å². The highest BCUT2D eigenvalue weighted by atomic mass is 32.1. The largest absolute Gasteiger partial charge is 0.365 e. The first-order chi connectivity index (χ1) is 9.83. The number of nitrogens with one attached hydrogen (secondary N) is 1. The first-order valence-corrected chi connectivity index (χ1v) is 7.03. The number of carbonyl (C=O) groups is 1. The quantitative estimate of drug-likeness (QED) is 0.900. The predicted molar refractivity (Wildman–Crippen MR) is 74.7 cm³/mol. The van der Waals surface area contributed by atoms with Crippen LogP contribution in [0.1, 0.15) is 0 Å². The Bertz CT molecular complexity index is 562. The van der Waals surface area contributed by atoms with E-state index in [1.165, 1.54) is 17.7 Å². The van der Waals surface area contributed by atoms with Crippen molar-refractivity contribution in [2.45, 2.75) is 6.10 Å². The molecule has 1 aliphatic rings. The fourth-order valence-corrected chi connectivity index (χ4v) is 2.50. The minimum atomic E-state index is -0.521. The molecule has 3 rings (SSSR count). The highest BCUT2D eigenvalue weighted by Crippen LogP contribution is 2.17. The van der Waals surface area contributed by atoms with Crippen LogP contribution in [0.25, 0.3) is 0 Å². The molecule has 2 aromatic rings. The average Bonchev–Trinajstić information content (AvgIpc) is 3.01. The number of hydrogen-bond acceptors (Lipinski definition) is 7. The number of morpholine rings is 1. The molecule has 0 bridgehead atoms. The zero-order chi connectivity index (χ0) is 13.8. The molecule has 1 saturated heterocycles. The Balaban J connectivity index is 1.64. The first-order valence-electron chi connectivity index (χ1n) is 6.15. The number of aromatic nitrogens is 3. The molecule has 3 heterocycles. The van der Waals surface area contributed by atoms with Gasteiger partial charge < -0.3 is 9.64 Å². The molecule has 8 heteroatoms. The Labute approximate surface area is 119 Å². The third-order valence-corrected chi connectivity index (χ3v) is 3.62. The Kier molecular flexibility index (Phi) is 3.84. The summed E-state index contributed by atoms with van der Waals surface area (Å²) in [5.74, 6) is -0.179. The molecule has 104 valence electrons. The number of nitrogens with zero attached hydrogens (tertiary/aromatic N) is 4.